The molecule has 3 aromatic rings. The van der Waals surface area contributed by atoms with Crippen LogP contribution in [0.4, 0.5) is 17.5 Å². The predicted molar refractivity (Wildman–Crippen MR) is 107 cm³/mol. The van der Waals surface area contributed by atoms with Crippen molar-refractivity contribution in [1.29, 1.82) is 0 Å². The summed E-state index contributed by atoms with van der Waals surface area (Å²) in [6.07, 6.45) is 3.51. The van der Waals surface area contributed by atoms with E-state index in [0.29, 0.717) is 16.8 Å². The molecule has 0 saturated heterocycles. The van der Waals surface area contributed by atoms with Crippen LogP contribution < -0.4 is 10.6 Å². The zero-order chi connectivity index (χ0) is 18.4. The number of hydrogen-bond donors (Lipinski definition) is 2. The molecule has 0 spiro atoms. The van der Waals surface area contributed by atoms with E-state index in [4.69, 9.17) is 11.6 Å². The van der Waals surface area contributed by atoms with Gasteiger partial charge in [-0.15, -0.1) is 0 Å². The summed E-state index contributed by atoms with van der Waals surface area (Å²) in [5, 5.41) is 7.28. The molecule has 2 N–H and O–H groups in total. The molecule has 0 saturated carbocycles. The Morgan fingerprint density at radius 2 is 1.73 bits per heavy atom. The van der Waals surface area contributed by atoms with Gasteiger partial charge in [-0.3, -0.25) is 4.98 Å². The minimum atomic E-state index is 0.581. The van der Waals surface area contributed by atoms with Gasteiger partial charge in [-0.1, -0.05) is 11.6 Å². The molecule has 0 radical (unpaired) electrons. The lowest BCUT2D eigenvalue weighted by atomic mass is 10.2. The van der Waals surface area contributed by atoms with Crippen LogP contribution in [0.15, 0.2) is 54.9 Å². The number of rotatable bonds is 7. The van der Waals surface area contributed by atoms with E-state index in [1.54, 1.807) is 12.4 Å². The Morgan fingerprint density at radius 1 is 1.00 bits per heavy atom. The summed E-state index contributed by atoms with van der Waals surface area (Å²) in [5.74, 6) is 1.29. The summed E-state index contributed by atoms with van der Waals surface area (Å²) in [6.45, 7) is 1.65. The zero-order valence-electron chi connectivity index (χ0n) is 14.8. The summed E-state index contributed by atoms with van der Waals surface area (Å²) in [5.41, 5.74) is 2.72. The van der Waals surface area contributed by atoms with Crippen LogP contribution in [0, 0.1) is 0 Å². The van der Waals surface area contributed by atoms with Gasteiger partial charge in [-0.2, -0.15) is 4.98 Å². The summed E-state index contributed by atoms with van der Waals surface area (Å²) in [6, 6.07) is 13.3. The first-order valence-corrected chi connectivity index (χ1v) is 8.68. The van der Waals surface area contributed by atoms with Crippen molar-refractivity contribution in [3.63, 3.8) is 0 Å². The van der Waals surface area contributed by atoms with Gasteiger partial charge < -0.3 is 15.5 Å². The highest BCUT2D eigenvalue weighted by molar-refractivity contribution is 6.30. The molecule has 0 unspecified atom stereocenters. The maximum Gasteiger partial charge on any atom is 0.225 e. The third-order valence-electron chi connectivity index (χ3n) is 3.66. The molecular weight excluding hydrogens is 348 g/mol. The van der Waals surface area contributed by atoms with Crippen LogP contribution in [0.1, 0.15) is 0 Å². The SMILES string of the molecule is CN(C)CCNc1nc(Nc2ccc(Cl)cc2)cc(-c2ccncc2)n1. The molecule has 7 heteroatoms. The standard InChI is InChI=1S/C19H21ClN6/c1-26(2)12-11-22-19-24-17(14-7-9-21-10-8-14)13-18(25-19)23-16-5-3-15(20)4-6-16/h3-10,13H,11-12H2,1-2H3,(H2,22,23,24,25). The first kappa shape index (κ1) is 18.1. The molecule has 0 fully saturated rings. The monoisotopic (exact) mass is 368 g/mol. The van der Waals surface area contributed by atoms with E-state index in [0.717, 1.165) is 30.0 Å². The number of hydrogen-bond acceptors (Lipinski definition) is 6. The number of nitrogens with one attached hydrogen (secondary N) is 2. The molecule has 134 valence electrons. The lowest BCUT2D eigenvalue weighted by Gasteiger charge is -2.13. The van der Waals surface area contributed by atoms with Gasteiger partial charge in [0, 0.05) is 47.8 Å². The van der Waals surface area contributed by atoms with E-state index in [2.05, 4.69) is 30.5 Å². The van der Waals surface area contributed by atoms with E-state index in [1.807, 2.05) is 56.6 Å². The molecule has 26 heavy (non-hydrogen) atoms. The summed E-state index contributed by atoms with van der Waals surface area (Å²) >= 11 is 5.95. The number of anilines is 3. The highest BCUT2D eigenvalue weighted by atomic mass is 35.5. The first-order chi connectivity index (χ1) is 12.6. The predicted octanol–water partition coefficient (Wildman–Crippen LogP) is 3.91. The lowest BCUT2D eigenvalue weighted by molar-refractivity contribution is 0.425. The third kappa shape index (κ3) is 5.15. The molecule has 3 rings (SSSR count). The fraction of sp³-hybridized carbons (Fsp3) is 0.211. The van der Waals surface area contributed by atoms with Gasteiger partial charge in [-0.25, -0.2) is 4.98 Å². The first-order valence-electron chi connectivity index (χ1n) is 8.31. The molecule has 0 bridgehead atoms. The van der Waals surface area contributed by atoms with Gasteiger partial charge in [0.1, 0.15) is 5.82 Å². The van der Waals surface area contributed by atoms with Crippen LogP contribution in [-0.2, 0) is 0 Å². The Bertz CT molecular complexity index is 836. The number of halogens is 1. The molecule has 0 amide bonds. The van der Waals surface area contributed by atoms with Crippen molar-refractivity contribution in [2.75, 3.05) is 37.8 Å². The molecule has 6 nitrogen and oxygen atoms in total. The van der Waals surface area contributed by atoms with Crippen molar-refractivity contribution in [2.24, 2.45) is 0 Å². The summed E-state index contributed by atoms with van der Waals surface area (Å²) in [7, 11) is 4.06. The van der Waals surface area contributed by atoms with Crippen molar-refractivity contribution in [1.82, 2.24) is 19.9 Å². The molecule has 0 aliphatic carbocycles. The van der Waals surface area contributed by atoms with Crippen LogP contribution in [0.25, 0.3) is 11.3 Å². The van der Waals surface area contributed by atoms with Crippen molar-refractivity contribution in [3.8, 4) is 11.3 Å². The lowest BCUT2D eigenvalue weighted by Crippen LogP contribution is -2.21. The topological polar surface area (TPSA) is 66.0 Å². The molecule has 0 atom stereocenters. The Balaban J connectivity index is 1.87. The smallest absolute Gasteiger partial charge is 0.225 e. The Hall–Kier alpha value is -2.70. The summed E-state index contributed by atoms with van der Waals surface area (Å²) in [4.78, 5) is 15.4. The minimum Gasteiger partial charge on any atom is -0.353 e. The average Bonchev–Trinajstić information content (AvgIpc) is 2.64. The maximum absolute atomic E-state index is 5.95. The van der Waals surface area contributed by atoms with Gasteiger partial charge in [0.15, 0.2) is 0 Å². The third-order valence-corrected chi connectivity index (χ3v) is 3.91. The fourth-order valence-electron chi connectivity index (χ4n) is 2.33. The van der Waals surface area contributed by atoms with E-state index >= 15 is 0 Å². The van der Waals surface area contributed by atoms with E-state index in [1.165, 1.54) is 0 Å². The average molecular weight is 369 g/mol. The Morgan fingerprint density at radius 3 is 2.42 bits per heavy atom. The number of benzene rings is 1. The van der Waals surface area contributed by atoms with Crippen LogP contribution in [0.3, 0.4) is 0 Å². The van der Waals surface area contributed by atoms with Crippen molar-refractivity contribution < 1.29 is 0 Å². The molecular formula is C19H21ClN6. The van der Waals surface area contributed by atoms with Crippen molar-refractivity contribution >= 4 is 29.1 Å². The molecule has 0 aliphatic heterocycles. The molecule has 2 aromatic heterocycles. The van der Waals surface area contributed by atoms with Gasteiger partial charge in [0.2, 0.25) is 5.95 Å². The maximum atomic E-state index is 5.95. The Kier molecular flexibility index (Phi) is 5.99. The van der Waals surface area contributed by atoms with Crippen LogP contribution in [0.5, 0.6) is 0 Å². The van der Waals surface area contributed by atoms with Gasteiger partial charge >= 0.3 is 0 Å². The fourth-order valence-corrected chi connectivity index (χ4v) is 2.46. The Labute approximate surface area is 158 Å². The van der Waals surface area contributed by atoms with E-state index < -0.39 is 0 Å². The van der Waals surface area contributed by atoms with E-state index in [-0.39, 0.29) is 0 Å². The van der Waals surface area contributed by atoms with Crippen LogP contribution >= 0.6 is 11.6 Å². The largest absolute Gasteiger partial charge is 0.353 e. The highest BCUT2D eigenvalue weighted by Gasteiger charge is 2.07. The van der Waals surface area contributed by atoms with Crippen molar-refractivity contribution in [3.05, 3.63) is 59.9 Å². The molecule has 0 aliphatic rings. The van der Waals surface area contributed by atoms with Gasteiger partial charge in [0.05, 0.1) is 5.69 Å². The summed E-state index contributed by atoms with van der Waals surface area (Å²) < 4.78 is 0. The van der Waals surface area contributed by atoms with Crippen LogP contribution in [0.2, 0.25) is 5.02 Å². The highest BCUT2D eigenvalue weighted by Crippen LogP contribution is 2.24. The quantitative estimate of drug-likeness (QED) is 0.659. The number of likely N-dealkylation sites (N-methyl/N-ethyl adjacent to an activating group) is 1. The zero-order valence-corrected chi connectivity index (χ0v) is 15.5. The second-order valence-corrected chi connectivity index (χ2v) is 6.50. The second kappa shape index (κ2) is 8.60. The normalized spacial score (nSPS) is 10.8. The molecule has 1 aromatic carbocycles. The molecule has 2 heterocycles. The minimum absolute atomic E-state index is 0.581. The number of nitrogens with zero attached hydrogens (tertiary/aromatic N) is 4. The number of pyridine rings is 1. The van der Waals surface area contributed by atoms with Crippen LogP contribution in [-0.4, -0.2) is 47.0 Å². The van der Waals surface area contributed by atoms with Gasteiger partial charge in [0.25, 0.3) is 0 Å². The van der Waals surface area contributed by atoms with Gasteiger partial charge in [-0.05, 0) is 50.5 Å². The second-order valence-electron chi connectivity index (χ2n) is 6.06. The number of aromatic nitrogens is 3. The van der Waals surface area contributed by atoms with Crippen molar-refractivity contribution in [2.45, 2.75) is 0 Å². The van der Waals surface area contributed by atoms with E-state index in [9.17, 15) is 0 Å².